The van der Waals surface area contributed by atoms with E-state index in [0.29, 0.717) is 0 Å². The molecule has 1 heterocycles. The predicted octanol–water partition coefficient (Wildman–Crippen LogP) is 3.70. The summed E-state index contributed by atoms with van der Waals surface area (Å²) in [7, 11) is 1.73. The molecule has 0 radical (unpaired) electrons. The van der Waals surface area contributed by atoms with Crippen molar-refractivity contribution in [2.45, 2.75) is 32.7 Å². The van der Waals surface area contributed by atoms with Gasteiger partial charge in [-0.25, -0.2) is 0 Å². The summed E-state index contributed by atoms with van der Waals surface area (Å²) in [5.41, 5.74) is 2.62. The van der Waals surface area contributed by atoms with Crippen molar-refractivity contribution in [2.24, 2.45) is 5.92 Å². The first-order valence-corrected chi connectivity index (χ1v) is 8.35. The molecule has 21 heavy (non-hydrogen) atoms. The first-order chi connectivity index (χ1) is 10.2. The maximum absolute atomic E-state index is 6.21. The highest BCUT2D eigenvalue weighted by atomic mass is 35.5. The second-order valence-corrected chi connectivity index (χ2v) is 6.27. The number of nitrogens with one attached hydrogen (secondary N) is 1. The summed E-state index contributed by atoms with van der Waals surface area (Å²) >= 11 is 6.21. The molecule has 1 aromatic carbocycles. The minimum absolute atomic E-state index is 0.741. The van der Waals surface area contributed by atoms with Gasteiger partial charge in [-0.05, 0) is 36.5 Å². The van der Waals surface area contributed by atoms with Crippen LogP contribution in [0.2, 0.25) is 5.02 Å². The lowest BCUT2D eigenvalue weighted by Crippen LogP contribution is -2.24. The smallest absolute Gasteiger partial charge is 0.0587 e. The lowest BCUT2D eigenvalue weighted by atomic mass is 10.0. The number of anilines is 1. The van der Waals surface area contributed by atoms with E-state index in [9.17, 15) is 0 Å². The van der Waals surface area contributed by atoms with Crippen LogP contribution in [-0.2, 0) is 11.3 Å². The van der Waals surface area contributed by atoms with Crippen molar-refractivity contribution >= 4 is 17.3 Å². The van der Waals surface area contributed by atoms with Crippen LogP contribution in [0.15, 0.2) is 18.2 Å². The molecule has 0 saturated carbocycles. The first kappa shape index (κ1) is 16.6. The average molecular weight is 311 g/mol. The fraction of sp³-hybridized carbons (Fsp3) is 0.647. The molecule has 118 valence electrons. The summed E-state index contributed by atoms with van der Waals surface area (Å²) in [4.78, 5) is 2.50. The summed E-state index contributed by atoms with van der Waals surface area (Å²) in [6, 6.07) is 6.24. The number of hydrogen-bond donors (Lipinski definition) is 1. The first-order valence-electron chi connectivity index (χ1n) is 7.97. The molecule has 1 aliphatic heterocycles. The normalized spacial score (nSPS) is 18.4. The van der Waals surface area contributed by atoms with Crippen molar-refractivity contribution in [3.05, 3.63) is 28.8 Å². The van der Waals surface area contributed by atoms with E-state index in [-0.39, 0.29) is 0 Å². The standard InChI is InChI=1S/C17H27ClN2O/c1-3-4-14-7-9-20(13-14)17-11-16(18)6-5-15(17)12-19-8-10-21-2/h5-6,11,14,19H,3-4,7-10,12-13H2,1-2H3. The third-order valence-corrected chi connectivity index (χ3v) is 4.40. The van der Waals surface area contributed by atoms with Crippen molar-refractivity contribution in [2.75, 3.05) is 38.3 Å². The van der Waals surface area contributed by atoms with Gasteiger partial charge in [-0.1, -0.05) is 31.0 Å². The van der Waals surface area contributed by atoms with Crippen molar-refractivity contribution in [3.8, 4) is 0 Å². The highest BCUT2D eigenvalue weighted by molar-refractivity contribution is 6.30. The largest absolute Gasteiger partial charge is 0.383 e. The lowest BCUT2D eigenvalue weighted by Gasteiger charge is -2.23. The highest BCUT2D eigenvalue weighted by Gasteiger charge is 2.23. The Bertz CT molecular complexity index is 439. The summed E-state index contributed by atoms with van der Waals surface area (Å²) in [5, 5.41) is 4.25. The molecule has 0 amide bonds. The summed E-state index contributed by atoms with van der Waals surface area (Å²) in [6.07, 6.45) is 3.91. The van der Waals surface area contributed by atoms with Gasteiger partial charge >= 0.3 is 0 Å². The average Bonchev–Trinajstić information content (AvgIpc) is 2.94. The molecule has 1 unspecified atom stereocenters. The molecule has 4 heteroatoms. The Kier molecular flexibility index (Phi) is 6.81. The van der Waals surface area contributed by atoms with Gasteiger partial charge in [-0.3, -0.25) is 0 Å². The van der Waals surface area contributed by atoms with Crippen LogP contribution in [0.1, 0.15) is 31.7 Å². The molecule has 1 aromatic rings. The maximum atomic E-state index is 6.21. The van der Waals surface area contributed by atoms with Gasteiger partial charge in [0.1, 0.15) is 0 Å². The molecule has 2 rings (SSSR count). The molecule has 1 aliphatic rings. The fourth-order valence-electron chi connectivity index (χ4n) is 3.07. The molecular weight excluding hydrogens is 284 g/mol. The predicted molar refractivity (Wildman–Crippen MR) is 90.3 cm³/mol. The second-order valence-electron chi connectivity index (χ2n) is 5.83. The van der Waals surface area contributed by atoms with Crippen LogP contribution in [0.3, 0.4) is 0 Å². The Balaban J connectivity index is 2.01. The van der Waals surface area contributed by atoms with E-state index in [1.54, 1.807) is 7.11 Å². The minimum Gasteiger partial charge on any atom is -0.383 e. The van der Waals surface area contributed by atoms with Crippen molar-refractivity contribution in [3.63, 3.8) is 0 Å². The minimum atomic E-state index is 0.741. The Labute approximate surface area is 133 Å². The molecule has 0 aromatic heterocycles. The maximum Gasteiger partial charge on any atom is 0.0587 e. The zero-order valence-electron chi connectivity index (χ0n) is 13.2. The highest BCUT2D eigenvalue weighted by Crippen LogP contribution is 2.31. The quantitative estimate of drug-likeness (QED) is 0.741. The van der Waals surface area contributed by atoms with Gasteiger partial charge in [-0.15, -0.1) is 0 Å². The Morgan fingerprint density at radius 3 is 3.05 bits per heavy atom. The summed E-state index contributed by atoms with van der Waals surface area (Å²) < 4.78 is 5.08. The van der Waals surface area contributed by atoms with Gasteiger partial charge in [0.15, 0.2) is 0 Å². The Morgan fingerprint density at radius 1 is 1.43 bits per heavy atom. The fourth-order valence-corrected chi connectivity index (χ4v) is 3.24. The van der Waals surface area contributed by atoms with Crippen molar-refractivity contribution in [1.29, 1.82) is 0 Å². The number of halogens is 1. The van der Waals surface area contributed by atoms with Gasteiger partial charge in [0.05, 0.1) is 6.61 Å². The molecule has 0 aliphatic carbocycles. The van der Waals surface area contributed by atoms with Crippen LogP contribution in [0.5, 0.6) is 0 Å². The van der Waals surface area contributed by atoms with E-state index < -0.39 is 0 Å². The van der Waals surface area contributed by atoms with E-state index in [1.807, 2.05) is 6.07 Å². The molecule has 1 atom stereocenters. The molecule has 0 bridgehead atoms. The molecule has 1 fully saturated rings. The van der Waals surface area contributed by atoms with E-state index >= 15 is 0 Å². The van der Waals surface area contributed by atoms with Crippen molar-refractivity contribution in [1.82, 2.24) is 5.32 Å². The number of hydrogen-bond acceptors (Lipinski definition) is 3. The van der Waals surface area contributed by atoms with Crippen LogP contribution in [0.4, 0.5) is 5.69 Å². The van der Waals surface area contributed by atoms with Crippen LogP contribution in [0.25, 0.3) is 0 Å². The topological polar surface area (TPSA) is 24.5 Å². The number of methoxy groups -OCH3 is 1. The summed E-state index contributed by atoms with van der Waals surface area (Å²) in [5.74, 6) is 0.836. The van der Waals surface area contributed by atoms with E-state index in [2.05, 4.69) is 29.3 Å². The molecule has 1 saturated heterocycles. The molecule has 3 nitrogen and oxygen atoms in total. The zero-order valence-corrected chi connectivity index (χ0v) is 14.0. The number of rotatable bonds is 8. The SMILES string of the molecule is CCCC1CCN(c2cc(Cl)ccc2CNCCOC)C1. The Morgan fingerprint density at radius 2 is 2.29 bits per heavy atom. The van der Waals surface area contributed by atoms with E-state index in [1.165, 1.54) is 37.1 Å². The van der Waals surface area contributed by atoms with Crippen LogP contribution < -0.4 is 10.2 Å². The number of ether oxygens (including phenoxy) is 1. The molecule has 0 spiro atoms. The monoisotopic (exact) mass is 310 g/mol. The van der Waals surface area contributed by atoms with Crippen LogP contribution in [0, 0.1) is 5.92 Å². The van der Waals surface area contributed by atoms with E-state index in [4.69, 9.17) is 16.3 Å². The van der Waals surface area contributed by atoms with Gasteiger partial charge in [0.25, 0.3) is 0 Å². The van der Waals surface area contributed by atoms with Gasteiger partial charge in [-0.2, -0.15) is 0 Å². The lowest BCUT2D eigenvalue weighted by molar-refractivity contribution is 0.199. The molecular formula is C17H27ClN2O. The summed E-state index contributed by atoms with van der Waals surface area (Å²) in [6.45, 7) is 7.07. The van der Waals surface area contributed by atoms with Crippen LogP contribution >= 0.6 is 11.6 Å². The Hall–Kier alpha value is -0.770. The van der Waals surface area contributed by atoms with E-state index in [0.717, 1.165) is 37.2 Å². The second kappa shape index (κ2) is 8.62. The third kappa shape index (κ3) is 4.87. The van der Waals surface area contributed by atoms with Gasteiger partial charge < -0.3 is 15.0 Å². The third-order valence-electron chi connectivity index (χ3n) is 4.17. The van der Waals surface area contributed by atoms with Gasteiger partial charge in [0.2, 0.25) is 0 Å². The van der Waals surface area contributed by atoms with Gasteiger partial charge in [0, 0.05) is 44.0 Å². The number of benzene rings is 1. The van der Waals surface area contributed by atoms with Crippen molar-refractivity contribution < 1.29 is 4.74 Å². The number of nitrogens with zero attached hydrogens (tertiary/aromatic N) is 1. The molecule has 1 N–H and O–H groups in total. The zero-order chi connectivity index (χ0) is 15.1. The van der Waals surface area contributed by atoms with Crippen LogP contribution in [-0.4, -0.2) is 33.4 Å².